The van der Waals surface area contributed by atoms with Gasteiger partial charge in [0.25, 0.3) is 0 Å². The summed E-state index contributed by atoms with van der Waals surface area (Å²) in [6, 6.07) is 0. The average molecular weight is 268 g/mol. The van der Waals surface area contributed by atoms with E-state index >= 15 is 0 Å². The highest BCUT2D eigenvalue weighted by molar-refractivity contribution is 7.16. The standard InChI is InChI=1S/C10H12N4O3S/c15-8(16)5-7-13-14-9(11-12-10(14)18-7)6-1-3-17-4-2-6/h6H,1-5H2,(H,15,16). The predicted octanol–water partition coefficient (Wildman–Crippen LogP) is 0.707. The van der Waals surface area contributed by atoms with Crippen molar-refractivity contribution in [1.29, 1.82) is 0 Å². The van der Waals surface area contributed by atoms with Crippen molar-refractivity contribution in [2.24, 2.45) is 0 Å². The molecule has 2 aromatic heterocycles. The lowest BCUT2D eigenvalue weighted by Crippen LogP contribution is -2.16. The lowest BCUT2D eigenvalue weighted by atomic mass is 10.00. The van der Waals surface area contributed by atoms with Crippen molar-refractivity contribution in [2.75, 3.05) is 13.2 Å². The van der Waals surface area contributed by atoms with Gasteiger partial charge in [0.05, 0.1) is 6.42 Å². The highest BCUT2D eigenvalue weighted by Gasteiger charge is 2.23. The molecule has 1 aliphatic rings. The van der Waals surface area contributed by atoms with Crippen LogP contribution in [-0.2, 0) is 16.0 Å². The lowest BCUT2D eigenvalue weighted by Gasteiger charge is -2.19. The molecule has 0 amide bonds. The first kappa shape index (κ1) is 11.5. The van der Waals surface area contributed by atoms with Crippen LogP contribution in [0.15, 0.2) is 0 Å². The van der Waals surface area contributed by atoms with Crippen LogP contribution in [0.1, 0.15) is 29.6 Å². The number of carboxylic acid groups (broad SMARTS) is 1. The van der Waals surface area contributed by atoms with E-state index in [1.807, 2.05) is 0 Å². The molecule has 8 heteroatoms. The molecule has 7 nitrogen and oxygen atoms in total. The smallest absolute Gasteiger partial charge is 0.310 e. The van der Waals surface area contributed by atoms with E-state index in [-0.39, 0.29) is 6.42 Å². The van der Waals surface area contributed by atoms with E-state index in [0.717, 1.165) is 31.9 Å². The summed E-state index contributed by atoms with van der Waals surface area (Å²) in [5, 5.41) is 21.8. The van der Waals surface area contributed by atoms with Gasteiger partial charge in [0.1, 0.15) is 5.01 Å². The van der Waals surface area contributed by atoms with Crippen molar-refractivity contribution in [3.05, 3.63) is 10.8 Å². The molecule has 0 bridgehead atoms. The van der Waals surface area contributed by atoms with E-state index in [1.165, 1.54) is 11.3 Å². The second-order valence-corrected chi connectivity index (χ2v) is 5.25. The quantitative estimate of drug-likeness (QED) is 0.881. The third kappa shape index (κ3) is 2.08. The number of nitrogens with zero attached hydrogens (tertiary/aromatic N) is 4. The summed E-state index contributed by atoms with van der Waals surface area (Å²) >= 11 is 1.28. The van der Waals surface area contributed by atoms with Gasteiger partial charge in [-0.2, -0.15) is 9.61 Å². The van der Waals surface area contributed by atoms with Gasteiger partial charge in [-0.15, -0.1) is 10.2 Å². The molecule has 1 aliphatic heterocycles. The number of carboxylic acids is 1. The molecule has 1 N–H and O–H groups in total. The van der Waals surface area contributed by atoms with Crippen LogP contribution in [0.2, 0.25) is 0 Å². The van der Waals surface area contributed by atoms with Gasteiger partial charge < -0.3 is 9.84 Å². The van der Waals surface area contributed by atoms with E-state index in [2.05, 4.69) is 15.3 Å². The number of ether oxygens (including phenoxy) is 1. The number of fused-ring (bicyclic) bond motifs is 1. The number of carbonyl (C=O) groups is 1. The van der Waals surface area contributed by atoms with Gasteiger partial charge in [-0.1, -0.05) is 11.3 Å². The average Bonchev–Trinajstić information content (AvgIpc) is 2.88. The zero-order valence-electron chi connectivity index (χ0n) is 9.57. The molecular weight excluding hydrogens is 256 g/mol. The van der Waals surface area contributed by atoms with Gasteiger partial charge in [0.2, 0.25) is 4.96 Å². The van der Waals surface area contributed by atoms with Crippen molar-refractivity contribution in [1.82, 2.24) is 19.8 Å². The molecule has 96 valence electrons. The number of aromatic nitrogens is 4. The summed E-state index contributed by atoms with van der Waals surface area (Å²) in [5.74, 6) is 0.238. The normalized spacial score (nSPS) is 17.3. The lowest BCUT2D eigenvalue weighted by molar-refractivity contribution is -0.136. The van der Waals surface area contributed by atoms with Crippen molar-refractivity contribution >= 4 is 22.3 Å². The van der Waals surface area contributed by atoms with E-state index in [4.69, 9.17) is 9.84 Å². The molecule has 18 heavy (non-hydrogen) atoms. The highest BCUT2D eigenvalue weighted by atomic mass is 32.1. The van der Waals surface area contributed by atoms with Crippen LogP contribution in [0.25, 0.3) is 4.96 Å². The zero-order chi connectivity index (χ0) is 12.5. The van der Waals surface area contributed by atoms with Gasteiger partial charge in [0.15, 0.2) is 5.82 Å². The molecule has 0 aliphatic carbocycles. The van der Waals surface area contributed by atoms with Crippen molar-refractivity contribution < 1.29 is 14.6 Å². The maximum atomic E-state index is 10.7. The van der Waals surface area contributed by atoms with Gasteiger partial charge in [0, 0.05) is 19.1 Å². The molecule has 0 radical (unpaired) electrons. The molecule has 0 aromatic carbocycles. The Balaban J connectivity index is 1.92. The fraction of sp³-hybridized carbons (Fsp3) is 0.600. The maximum absolute atomic E-state index is 10.7. The summed E-state index contributed by atoms with van der Waals surface area (Å²) in [5.41, 5.74) is 0. The first-order valence-corrected chi connectivity index (χ1v) is 6.56. The Kier molecular flexibility index (Phi) is 2.96. The van der Waals surface area contributed by atoms with E-state index in [9.17, 15) is 4.79 Å². The number of rotatable bonds is 3. The third-order valence-electron chi connectivity index (χ3n) is 2.95. The van der Waals surface area contributed by atoms with Crippen molar-refractivity contribution in [2.45, 2.75) is 25.2 Å². The summed E-state index contributed by atoms with van der Waals surface area (Å²) in [4.78, 5) is 11.3. The van der Waals surface area contributed by atoms with Crippen LogP contribution in [0.3, 0.4) is 0 Å². The molecule has 3 rings (SSSR count). The highest BCUT2D eigenvalue weighted by Crippen LogP contribution is 2.27. The largest absolute Gasteiger partial charge is 0.481 e. The number of aliphatic carboxylic acids is 1. The molecular formula is C10H12N4O3S. The van der Waals surface area contributed by atoms with Crippen LogP contribution in [0.5, 0.6) is 0 Å². The third-order valence-corrected chi connectivity index (χ3v) is 3.84. The minimum Gasteiger partial charge on any atom is -0.481 e. The Labute approximate surface area is 106 Å². The predicted molar refractivity (Wildman–Crippen MR) is 62.8 cm³/mol. The molecule has 0 spiro atoms. The second kappa shape index (κ2) is 4.62. The molecule has 0 unspecified atom stereocenters. The molecule has 2 aromatic rings. The van der Waals surface area contributed by atoms with Crippen LogP contribution in [0, 0.1) is 0 Å². The van der Waals surface area contributed by atoms with E-state index in [1.54, 1.807) is 4.52 Å². The topological polar surface area (TPSA) is 89.6 Å². The Morgan fingerprint density at radius 2 is 2.22 bits per heavy atom. The fourth-order valence-electron chi connectivity index (χ4n) is 2.08. The fourth-order valence-corrected chi connectivity index (χ4v) is 2.91. The summed E-state index contributed by atoms with van der Waals surface area (Å²) in [6.45, 7) is 1.46. The van der Waals surface area contributed by atoms with Gasteiger partial charge in [-0.3, -0.25) is 4.79 Å². The summed E-state index contributed by atoms with van der Waals surface area (Å²) in [7, 11) is 0. The number of hydrogen-bond donors (Lipinski definition) is 1. The van der Waals surface area contributed by atoms with Crippen LogP contribution in [-0.4, -0.2) is 44.1 Å². The van der Waals surface area contributed by atoms with Crippen LogP contribution >= 0.6 is 11.3 Å². The Morgan fingerprint density at radius 3 is 2.94 bits per heavy atom. The van der Waals surface area contributed by atoms with Gasteiger partial charge >= 0.3 is 5.97 Å². The minimum absolute atomic E-state index is 0.0682. The zero-order valence-corrected chi connectivity index (χ0v) is 10.4. The van der Waals surface area contributed by atoms with Crippen molar-refractivity contribution in [3.8, 4) is 0 Å². The maximum Gasteiger partial charge on any atom is 0.310 e. The van der Waals surface area contributed by atoms with Gasteiger partial charge in [-0.05, 0) is 12.8 Å². The SMILES string of the molecule is O=C(O)Cc1nn2c(C3CCOCC3)nnc2s1. The molecule has 0 atom stereocenters. The second-order valence-electron chi connectivity index (χ2n) is 4.21. The summed E-state index contributed by atoms with van der Waals surface area (Å²) < 4.78 is 6.99. The first-order valence-electron chi connectivity index (χ1n) is 5.74. The van der Waals surface area contributed by atoms with Crippen LogP contribution in [0.4, 0.5) is 0 Å². The molecule has 3 heterocycles. The summed E-state index contributed by atoms with van der Waals surface area (Å²) in [6.07, 6.45) is 1.75. The Morgan fingerprint density at radius 1 is 1.44 bits per heavy atom. The molecule has 1 fully saturated rings. The Hall–Kier alpha value is -1.54. The number of hydrogen-bond acceptors (Lipinski definition) is 6. The van der Waals surface area contributed by atoms with E-state index in [0.29, 0.717) is 15.9 Å². The Bertz CT molecular complexity index is 573. The molecule has 0 saturated carbocycles. The van der Waals surface area contributed by atoms with Gasteiger partial charge in [-0.25, -0.2) is 0 Å². The molecule has 1 saturated heterocycles. The minimum atomic E-state index is -0.882. The monoisotopic (exact) mass is 268 g/mol. The van der Waals surface area contributed by atoms with Crippen molar-refractivity contribution in [3.63, 3.8) is 0 Å². The first-order chi connectivity index (χ1) is 8.74. The van der Waals surface area contributed by atoms with E-state index < -0.39 is 5.97 Å². The van der Waals surface area contributed by atoms with Crippen LogP contribution < -0.4 is 0 Å².